The molecule has 6 heteroatoms. The number of nitrogens with one attached hydrogen (secondary N) is 1. The van der Waals surface area contributed by atoms with E-state index in [-0.39, 0.29) is 17.7 Å². The Morgan fingerprint density at radius 1 is 1.19 bits per heavy atom. The molecule has 1 amide bonds. The molecule has 0 radical (unpaired) electrons. The van der Waals surface area contributed by atoms with Gasteiger partial charge in [-0.25, -0.2) is 4.98 Å². The first-order chi connectivity index (χ1) is 13.0. The summed E-state index contributed by atoms with van der Waals surface area (Å²) >= 11 is 0. The summed E-state index contributed by atoms with van der Waals surface area (Å²) in [5.74, 6) is -1.33. The number of hydrogen-bond donors (Lipinski definition) is 2. The smallest absolute Gasteiger partial charge is 0.307 e. The van der Waals surface area contributed by atoms with Crippen LogP contribution in [0.3, 0.4) is 0 Å². The fourth-order valence-corrected chi connectivity index (χ4v) is 4.42. The van der Waals surface area contributed by atoms with Gasteiger partial charge < -0.3 is 15.3 Å². The fraction of sp³-hybridized carbons (Fsp3) is 0.381. The zero-order valence-electron chi connectivity index (χ0n) is 15.4. The third kappa shape index (κ3) is 3.05. The summed E-state index contributed by atoms with van der Waals surface area (Å²) in [4.78, 5) is 31.1. The predicted octanol–water partition coefficient (Wildman–Crippen LogP) is 2.44. The van der Waals surface area contributed by atoms with E-state index in [1.54, 1.807) is 0 Å². The standard InChI is InChI=1S/C21H23N3O3/c1-24(2)17-10-14(15-5-3-4-6-16(15)23-17)11-22-20(25)18-12-7-8-13(9-12)19(18)21(26)27/h3-8,10,12-13,18-19H,9,11H2,1-2H3,(H,22,25)(H,26,27)/t12-,13-,18+,19+/m0/s1. The highest BCUT2D eigenvalue weighted by Crippen LogP contribution is 2.48. The first kappa shape index (κ1) is 17.5. The number of carboxylic acids is 1. The van der Waals surface area contributed by atoms with E-state index in [9.17, 15) is 14.7 Å². The normalized spacial score (nSPS) is 25.7. The molecule has 0 saturated heterocycles. The van der Waals surface area contributed by atoms with Gasteiger partial charge in [0.15, 0.2) is 0 Å². The van der Waals surface area contributed by atoms with Crippen LogP contribution in [0.25, 0.3) is 10.9 Å². The zero-order chi connectivity index (χ0) is 19.1. The molecule has 1 saturated carbocycles. The molecule has 2 N–H and O–H groups in total. The molecule has 4 rings (SSSR count). The van der Waals surface area contributed by atoms with E-state index in [1.807, 2.05) is 61.5 Å². The summed E-state index contributed by atoms with van der Waals surface area (Å²) in [5, 5.41) is 13.5. The number of carbonyl (C=O) groups excluding carboxylic acids is 1. The van der Waals surface area contributed by atoms with Gasteiger partial charge in [0, 0.05) is 26.0 Å². The van der Waals surface area contributed by atoms with E-state index in [2.05, 4.69) is 10.3 Å². The van der Waals surface area contributed by atoms with Gasteiger partial charge in [0.2, 0.25) is 5.91 Å². The monoisotopic (exact) mass is 365 g/mol. The largest absolute Gasteiger partial charge is 0.481 e. The van der Waals surface area contributed by atoms with Crippen molar-refractivity contribution in [2.45, 2.75) is 13.0 Å². The van der Waals surface area contributed by atoms with Gasteiger partial charge in [-0.1, -0.05) is 30.4 Å². The number of carboxylic acid groups (broad SMARTS) is 1. The number of hydrogen-bond acceptors (Lipinski definition) is 4. The Balaban J connectivity index is 1.57. The van der Waals surface area contributed by atoms with Crippen molar-refractivity contribution < 1.29 is 14.7 Å². The number of amides is 1. The van der Waals surface area contributed by atoms with Crippen molar-refractivity contribution in [2.24, 2.45) is 23.7 Å². The molecule has 2 aliphatic carbocycles. The van der Waals surface area contributed by atoms with Crippen LogP contribution in [0.1, 0.15) is 12.0 Å². The maximum atomic E-state index is 12.8. The minimum Gasteiger partial charge on any atom is -0.481 e. The lowest BCUT2D eigenvalue weighted by atomic mass is 9.82. The van der Waals surface area contributed by atoms with Gasteiger partial charge in [-0.15, -0.1) is 0 Å². The molecule has 1 aromatic heterocycles. The molecule has 1 fully saturated rings. The minimum atomic E-state index is -0.878. The Morgan fingerprint density at radius 2 is 1.89 bits per heavy atom. The van der Waals surface area contributed by atoms with Gasteiger partial charge in [0.1, 0.15) is 5.82 Å². The number of anilines is 1. The number of fused-ring (bicyclic) bond motifs is 3. The third-order valence-electron chi connectivity index (χ3n) is 5.75. The molecule has 1 heterocycles. The predicted molar refractivity (Wildman–Crippen MR) is 103 cm³/mol. The van der Waals surface area contributed by atoms with Gasteiger partial charge in [0.25, 0.3) is 0 Å². The molecule has 2 bridgehead atoms. The molecular weight excluding hydrogens is 342 g/mol. The minimum absolute atomic E-state index is 0.0228. The molecular formula is C21H23N3O3. The van der Waals surface area contributed by atoms with Crippen molar-refractivity contribution in [2.75, 3.05) is 19.0 Å². The second-order valence-corrected chi connectivity index (χ2v) is 7.61. The number of carbonyl (C=O) groups is 2. The number of aliphatic carboxylic acids is 1. The van der Waals surface area contributed by atoms with Crippen molar-refractivity contribution in [3.05, 3.63) is 48.0 Å². The first-order valence-corrected chi connectivity index (χ1v) is 9.20. The number of rotatable bonds is 5. The summed E-state index contributed by atoms with van der Waals surface area (Å²) in [6.07, 6.45) is 4.71. The molecule has 0 unspecified atom stereocenters. The van der Waals surface area contributed by atoms with Crippen molar-refractivity contribution in [3.8, 4) is 0 Å². The van der Waals surface area contributed by atoms with Crippen molar-refractivity contribution in [1.82, 2.24) is 10.3 Å². The van der Waals surface area contributed by atoms with E-state index < -0.39 is 17.8 Å². The van der Waals surface area contributed by atoms with E-state index in [4.69, 9.17) is 0 Å². The number of aromatic nitrogens is 1. The second kappa shape index (κ2) is 6.68. The van der Waals surface area contributed by atoms with Crippen LogP contribution in [-0.4, -0.2) is 36.1 Å². The number of pyridine rings is 1. The Morgan fingerprint density at radius 3 is 2.59 bits per heavy atom. The molecule has 2 aromatic rings. The molecule has 2 aliphatic rings. The van der Waals surface area contributed by atoms with Gasteiger partial charge in [-0.3, -0.25) is 9.59 Å². The van der Waals surface area contributed by atoms with Crippen LogP contribution in [0.2, 0.25) is 0 Å². The molecule has 27 heavy (non-hydrogen) atoms. The summed E-state index contributed by atoms with van der Waals surface area (Å²) < 4.78 is 0. The van der Waals surface area contributed by atoms with Gasteiger partial charge in [0.05, 0.1) is 17.4 Å². The Kier molecular flexibility index (Phi) is 4.34. The highest BCUT2D eigenvalue weighted by atomic mass is 16.4. The average Bonchev–Trinajstić information content (AvgIpc) is 3.27. The Hall–Kier alpha value is -2.89. The molecule has 1 aromatic carbocycles. The second-order valence-electron chi connectivity index (χ2n) is 7.61. The van der Waals surface area contributed by atoms with Crippen molar-refractivity contribution in [1.29, 1.82) is 0 Å². The Labute approximate surface area is 157 Å². The Bertz CT molecular complexity index is 937. The van der Waals surface area contributed by atoms with Crippen LogP contribution in [0.4, 0.5) is 5.82 Å². The van der Waals surface area contributed by atoms with Crippen LogP contribution in [0.15, 0.2) is 42.5 Å². The van der Waals surface area contributed by atoms with Crippen LogP contribution >= 0.6 is 0 Å². The summed E-state index contributed by atoms with van der Waals surface area (Å²) in [6.45, 7) is 0.354. The lowest BCUT2D eigenvalue weighted by Crippen LogP contribution is -2.39. The van der Waals surface area contributed by atoms with Gasteiger partial charge >= 0.3 is 5.97 Å². The molecule has 4 atom stereocenters. The maximum absolute atomic E-state index is 12.8. The SMILES string of the molecule is CN(C)c1cc(CNC(=O)[C@H]2[C@H](C(=O)O)[C@H]3C=C[C@H]2C3)c2ccccc2n1. The zero-order valence-corrected chi connectivity index (χ0v) is 15.4. The number of nitrogens with zero attached hydrogens (tertiary/aromatic N) is 2. The average molecular weight is 365 g/mol. The lowest BCUT2D eigenvalue weighted by Gasteiger charge is -2.24. The third-order valence-corrected chi connectivity index (χ3v) is 5.75. The molecule has 140 valence electrons. The van der Waals surface area contributed by atoms with E-state index in [1.165, 1.54) is 0 Å². The highest BCUT2D eigenvalue weighted by molar-refractivity contribution is 5.88. The van der Waals surface area contributed by atoms with E-state index >= 15 is 0 Å². The van der Waals surface area contributed by atoms with Crippen molar-refractivity contribution in [3.63, 3.8) is 0 Å². The van der Waals surface area contributed by atoms with Crippen LogP contribution in [0.5, 0.6) is 0 Å². The van der Waals surface area contributed by atoms with E-state index in [0.29, 0.717) is 6.54 Å². The van der Waals surface area contributed by atoms with E-state index in [0.717, 1.165) is 28.7 Å². The van der Waals surface area contributed by atoms with Crippen molar-refractivity contribution >= 4 is 28.6 Å². The van der Waals surface area contributed by atoms with Gasteiger partial charge in [-0.05, 0) is 36.0 Å². The fourth-order valence-electron chi connectivity index (χ4n) is 4.42. The van der Waals surface area contributed by atoms with Crippen LogP contribution in [0, 0.1) is 23.7 Å². The number of allylic oxidation sites excluding steroid dienone is 2. The maximum Gasteiger partial charge on any atom is 0.307 e. The summed E-state index contributed by atoms with van der Waals surface area (Å²) in [7, 11) is 3.86. The topological polar surface area (TPSA) is 82.5 Å². The molecule has 0 aliphatic heterocycles. The first-order valence-electron chi connectivity index (χ1n) is 9.20. The quantitative estimate of drug-likeness (QED) is 0.796. The van der Waals surface area contributed by atoms with Gasteiger partial charge in [-0.2, -0.15) is 0 Å². The molecule has 6 nitrogen and oxygen atoms in total. The number of para-hydroxylation sites is 1. The lowest BCUT2D eigenvalue weighted by molar-refractivity contribution is -0.147. The molecule has 0 spiro atoms. The summed E-state index contributed by atoms with van der Waals surface area (Å²) in [5.41, 5.74) is 1.85. The highest BCUT2D eigenvalue weighted by Gasteiger charge is 2.51. The van der Waals surface area contributed by atoms with Crippen LogP contribution in [-0.2, 0) is 16.1 Å². The summed E-state index contributed by atoms with van der Waals surface area (Å²) in [6, 6.07) is 9.80. The van der Waals surface area contributed by atoms with Crippen LogP contribution < -0.4 is 10.2 Å². The number of benzene rings is 1.